The molecule has 2 heterocycles. The minimum atomic E-state index is -0.387. The van der Waals surface area contributed by atoms with Gasteiger partial charge in [0.2, 0.25) is 11.8 Å². The molecule has 6 rings (SSSR count). The number of hydrogen-bond acceptors (Lipinski definition) is 8. The molecule has 0 bridgehead atoms. The SMILES string of the molecule is CC(C)[C@H]1C(=O)N[C@H](CO)C1c1ccc(OC(=O)CCCCCCC(=O)Oc2ccc([C@H]3[C@@H](C(C)C)C(=O)N[C@@H]3CO)c3ccccc23)c2ccccc12. The van der Waals surface area contributed by atoms with Crippen molar-refractivity contribution in [1.29, 1.82) is 0 Å². The summed E-state index contributed by atoms with van der Waals surface area (Å²) in [5.41, 5.74) is 1.89. The molecule has 0 aliphatic carbocycles. The van der Waals surface area contributed by atoms with Crippen molar-refractivity contribution in [2.75, 3.05) is 13.2 Å². The summed E-state index contributed by atoms with van der Waals surface area (Å²) >= 11 is 0. The Kier molecular flexibility index (Phi) is 12.3. The van der Waals surface area contributed by atoms with Crippen molar-refractivity contribution in [3.63, 3.8) is 0 Å². The lowest BCUT2D eigenvalue weighted by molar-refractivity contribution is -0.135. The van der Waals surface area contributed by atoms with Crippen molar-refractivity contribution >= 4 is 45.3 Å². The lowest BCUT2D eigenvalue weighted by Crippen LogP contribution is -2.31. The van der Waals surface area contributed by atoms with Crippen LogP contribution in [-0.2, 0) is 19.2 Å². The smallest absolute Gasteiger partial charge is 0.311 e. The van der Waals surface area contributed by atoms with Crippen LogP contribution in [0.3, 0.4) is 0 Å². The number of nitrogens with one attached hydrogen (secondary N) is 2. The van der Waals surface area contributed by atoms with Crippen molar-refractivity contribution < 1.29 is 38.9 Å². The maximum atomic E-state index is 12.9. The van der Waals surface area contributed by atoms with Crippen LogP contribution in [0, 0.1) is 23.7 Å². The van der Waals surface area contributed by atoms with Gasteiger partial charge in [-0.3, -0.25) is 19.2 Å². The van der Waals surface area contributed by atoms with E-state index in [9.17, 15) is 29.4 Å². The van der Waals surface area contributed by atoms with Crippen LogP contribution in [0.2, 0.25) is 0 Å². The van der Waals surface area contributed by atoms with Crippen molar-refractivity contribution in [3.8, 4) is 11.5 Å². The predicted molar refractivity (Wildman–Crippen MR) is 207 cm³/mol. The van der Waals surface area contributed by atoms with E-state index in [4.69, 9.17) is 9.47 Å². The average Bonchev–Trinajstić information content (AvgIpc) is 3.68. The summed E-state index contributed by atoms with van der Waals surface area (Å²) in [6.45, 7) is 7.73. The van der Waals surface area contributed by atoms with Crippen LogP contribution >= 0.6 is 0 Å². The van der Waals surface area contributed by atoms with Gasteiger partial charge in [0.15, 0.2) is 0 Å². The number of hydrogen-bond donors (Lipinski definition) is 4. The molecule has 6 atom stereocenters. The van der Waals surface area contributed by atoms with Gasteiger partial charge < -0.3 is 30.3 Å². The highest BCUT2D eigenvalue weighted by Crippen LogP contribution is 2.44. The first-order chi connectivity index (χ1) is 26.0. The molecule has 54 heavy (non-hydrogen) atoms. The lowest BCUT2D eigenvalue weighted by atomic mass is 9.77. The molecule has 10 nitrogen and oxygen atoms in total. The molecule has 2 aliphatic rings. The number of amides is 2. The maximum Gasteiger partial charge on any atom is 0.311 e. The molecule has 2 saturated heterocycles. The van der Waals surface area contributed by atoms with E-state index in [0.717, 1.165) is 45.5 Å². The summed E-state index contributed by atoms with van der Waals surface area (Å²) in [6.07, 6.45) is 3.20. The standard InChI is InChI=1S/C44H52N2O8/c1-25(2)39-41(33(23-47)45-43(39)51)31-19-21-35(29-15-11-9-13-27(29)31)53-37(49)17-7-5-6-8-18-38(50)54-36-22-20-32(28-14-10-12-16-30(28)36)42-34(24-48)46-44(52)40(42)26(3)4/h9-16,19-22,25-26,33-34,39-42,47-48H,5-8,17-18,23-24H2,1-4H3,(H,45,51)(H,46,52)/t33-,34-,39-,40-,41-,42?/m1/s1. The average molecular weight is 737 g/mol. The van der Waals surface area contributed by atoms with E-state index >= 15 is 0 Å². The van der Waals surface area contributed by atoms with Crippen LogP contribution in [-0.4, -0.2) is 59.3 Å². The van der Waals surface area contributed by atoms with E-state index in [1.54, 1.807) is 12.1 Å². The van der Waals surface area contributed by atoms with Gasteiger partial charge in [-0.2, -0.15) is 0 Å². The lowest BCUT2D eigenvalue weighted by Gasteiger charge is -2.26. The second-order valence-electron chi connectivity index (χ2n) is 15.4. The van der Waals surface area contributed by atoms with E-state index in [1.807, 2.05) is 88.4 Å². The van der Waals surface area contributed by atoms with Crippen molar-refractivity contribution in [3.05, 3.63) is 83.9 Å². The normalized spacial score (nSPS) is 22.6. The molecule has 0 spiro atoms. The second-order valence-corrected chi connectivity index (χ2v) is 15.4. The van der Waals surface area contributed by atoms with Gasteiger partial charge in [0, 0.05) is 47.3 Å². The van der Waals surface area contributed by atoms with Gasteiger partial charge in [-0.25, -0.2) is 0 Å². The van der Waals surface area contributed by atoms with Gasteiger partial charge in [-0.05, 0) is 58.7 Å². The molecule has 4 aromatic rings. The zero-order valence-electron chi connectivity index (χ0n) is 31.5. The molecular formula is C44H52N2O8. The van der Waals surface area contributed by atoms with E-state index in [2.05, 4.69) is 10.6 Å². The molecule has 0 saturated carbocycles. The van der Waals surface area contributed by atoms with Gasteiger partial charge in [0.25, 0.3) is 0 Å². The number of esters is 2. The fourth-order valence-corrected chi connectivity index (χ4v) is 8.73. The van der Waals surface area contributed by atoms with Crippen LogP contribution < -0.4 is 20.1 Å². The largest absolute Gasteiger partial charge is 0.426 e. The molecule has 4 N–H and O–H groups in total. The Balaban J connectivity index is 1.01. The van der Waals surface area contributed by atoms with Crippen LogP contribution in [0.4, 0.5) is 0 Å². The monoisotopic (exact) mass is 736 g/mol. The summed E-state index contributed by atoms with van der Waals surface area (Å²) in [4.78, 5) is 51.5. The molecule has 4 aromatic carbocycles. The van der Waals surface area contributed by atoms with Gasteiger partial charge >= 0.3 is 11.9 Å². The fraction of sp³-hybridized carbons (Fsp3) is 0.455. The molecular weight excluding hydrogens is 684 g/mol. The second kappa shape index (κ2) is 17.1. The number of unbranched alkanes of at least 4 members (excludes halogenated alkanes) is 3. The van der Waals surface area contributed by atoms with Crippen molar-refractivity contribution in [2.24, 2.45) is 23.7 Å². The number of carbonyl (C=O) groups is 4. The van der Waals surface area contributed by atoms with E-state index in [-0.39, 0.29) is 97.4 Å². The van der Waals surface area contributed by atoms with E-state index < -0.39 is 0 Å². The molecule has 2 amide bonds. The molecule has 0 aromatic heterocycles. The Labute approximate surface area is 316 Å². The number of rotatable bonds is 15. The molecule has 1 unspecified atom stereocenters. The summed E-state index contributed by atoms with van der Waals surface area (Å²) < 4.78 is 11.7. The Morgan fingerprint density at radius 1 is 0.574 bits per heavy atom. The zero-order valence-corrected chi connectivity index (χ0v) is 31.5. The Morgan fingerprint density at radius 2 is 0.944 bits per heavy atom. The van der Waals surface area contributed by atoms with Crippen molar-refractivity contribution in [1.82, 2.24) is 10.6 Å². The Bertz CT molecular complexity index is 1860. The molecule has 2 aliphatic heterocycles. The highest BCUT2D eigenvalue weighted by molar-refractivity contribution is 5.96. The third-order valence-electron chi connectivity index (χ3n) is 11.2. The van der Waals surface area contributed by atoms with Gasteiger partial charge in [-0.15, -0.1) is 0 Å². The van der Waals surface area contributed by atoms with Gasteiger partial charge in [0.1, 0.15) is 11.5 Å². The first kappa shape index (κ1) is 38.9. The number of ether oxygens (including phenoxy) is 2. The topological polar surface area (TPSA) is 151 Å². The summed E-state index contributed by atoms with van der Waals surface area (Å²) in [7, 11) is 0. The number of aliphatic hydroxyl groups excluding tert-OH is 2. The number of fused-ring (bicyclic) bond motifs is 2. The first-order valence-electron chi connectivity index (χ1n) is 19.3. The quantitative estimate of drug-likeness (QED) is 0.0611. The molecule has 286 valence electrons. The highest BCUT2D eigenvalue weighted by Gasteiger charge is 2.46. The van der Waals surface area contributed by atoms with Crippen LogP contribution in [0.1, 0.15) is 89.2 Å². The minimum Gasteiger partial charge on any atom is -0.426 e. The Hall–Kier alpha value is -4.80. The number of benzene rings is 4. The number of aliphatic hydroxyl groups is 2. The first-order valence-corrected chi connectivity index (χ1v) is 19.3. The predicted octanol–water partition coefficient (Wildman–Crippen LogP) is 6.54. The van der Waals surface area contributed by atoms with Crippen LogP contribution in [0.25, 0.3) is 21.5 Å². The van der Waals surface area contributed by atoms with Gasteiger partial charge in [-0.1, -0.05) is 101 Å². The Morgan fingerprint density at radius 3 is 1.30 bits per heavy atom. The summed E-state index contributed by atoms with van der Waals surface area (Å²) in [6, 6.07) is 22.0. The van der Waals surface area contributed by atoms with Gasteiger partial charge in [0.05, 0.1) is 25.3 Å². The van der Waals surface area contributed by atoms with Crippen molar-refractivity contribution in [2.45, 2.75) is 90.1 Å². The number of carbonyl (C=O) groups excluding carboxylic acids is 4. The van der Waals surface area contributed by atoms with Crippen LogP contribution in [0.5, 0.6) is 11.5 Å². The van der Waals surface area contributed by atoms with E-state index in [1.165, 1.54) is 0 Å². The van der Waals surface area contributed by atoms with Crippen LogP contribution in [0.15, 0.2) is 72.8 Å². The highest BCUT2D eigenvalue weighted by atomic mass is 16.5. The third kappa shape index (κ3) is 8.00. The maximum absolute atomic E-state index is 12.9. The zero-order chi connectivity index (χ0) is 38.5. The molecule has 10 heteroatoms. The third-order valence-corrected chi connectivity index (χ3v) is 11.2. The van der Waals surface area contributed by atoms with E-state index in [0.29, 0.717) is 24.3 Å². The summed E-state index contributed by atoms with van der Waals surface area (Å²) in [5, 5.41) is 29.4. The summed E-state index contributed by atoms with van der Waals surface area (Å²) in [5.74, 6) is -0.669. The minimum absolute atomic E-state index is 0.0558. The molecule has 2 fully saturated rings. The molecule has 0 radical (unpaired) electrons. The fourth-order valence-electron chi connectivity index (χ4n) is 8.73.